The molecule has 0 aromatic rings. The molecular formula is C12H22N2. The third-order valence-electron chi connectivity index (χ3n) is 1.95. The van der Waals surface area contributed by atoms with Crippen molar-refractivity contribution in [3.8, 4) is 0 Å². The monoisotopic (exact) mass is 194 g/mol. The van der Waals surface area contributed by atoms with Crippen molar-refractivity contribution in [1.29, 1.82) is 0 Å². The minimum atomic E-state index is 0.473. The van der Waals surface area contributed by atoms with E-state index in [2.05, 4.69) is 38.4 Å². The van der Waals surface area contributed by atoms with Crippen LogP contribution in [0.3, 0.4) is 0 Å². The third-order valence-corrected chi connectivity index (χ3v) is 1.95. The van der Waals surface area contributed by atoms with Crippen molar-refractivity contribution >= 4 is 5.71 Å². The van der Waals surface area contributed by atoms with E-state index in [1.54, 1.807) is 0 Å². The van der Waals surface area contributed by atoms with E-state index >= 15 is 0 Å². The lowest BCUT2D eigenvalue weighted by Crippen LogP contribution is -2.09. The van der Waals surface area contributed by atoms with E-state index in [1.165, 1.54) is 0 Å². The number of hydrogen-bond donors (Lipinski definition) is 0. The van der Waals surface area contributed by atoms with Crippen LogP contribution < -0.4 is 0 Å². The van der Waals surface area contributed by atoms with Gasteiger partial charge in [-0.3, -0.25) is 4.99 Å². The minimum Gasteiger partial charge on any atom is -0.378 e. The van der Waals surface area contributed by atoms with Crippen LogP contribution in [-0.4, -0.2) is 31.3 Å². The van der Waals surface area contributed by atoms with Crippen LogP contribution in [0.5, 0.6) is 0 Å². The van der Waals surface area contributed by atoms with Crippen LogP contribution in [0, 0.1) is 5.92 Å². The molecule has 0 fully saturated rings. The highest BCUT2D eigenvalue weighted by Crippen LogP contribution is 2.03. The first-order valence-corrected chi connectivity index (χ1v) is 5.07. The molecule has 2 nitrogen and oxygen atoms in total. The lowest BCUT2D eigenvalue weighted by atomic mass is 10.1. The molecule has 0 aliphatic carbocycles. The maximum absolute atomic E-state index is 4.43. The van der Waals surface area contributed by atoms with Gasteiger partial charge in [0.1, 0.15) is 0 Å². The minimum absolute atomic E-state index is 0.473. The molecule has 0 radical (unpaired) electrons. The van der Waals surface area contributed by atoms with Gasteiger partial charge in [-0.1, -0.05) is 20.4 Å². The molecule has 0 N–H and O–H groups in total. The Hall–Kier alpha value is -1.05. The van der Waals surface area contributed by atoms with Gasteiger partial charge in [0, 0.05) is 32.0 Å². The summed E-state index contributed by atoms with van der Waals surface area (Å²) in [6.07, 6.45) is 4.06. The van der Waals surface area contributed by atoms with Crippen molar-refractivity contribution in [3.05, 3.63) is 24.4 Å². The fourth-order valence-corrected chi connectivity index (χ4v) is 0.941. The Bertz CT molecular complexity index is 235. The molecule has 0 unspecified atom stereocenters. The highest BCUT2D eigenvalue weighted by atomic mass is 15.1. The number of allylic oxidation sites excluding steroid dienone is 2. The summed E-state index contributed by atoms with van der Waals surface area (Å²) in [7, 11) is 3.97. The zero-order valence-corrected chi connectivity index (χ0v) is 10.0. The highest BCUT2D eigenvalue weighted by molar-refractivity contribution is 5.96. The molecule has 80 valence electrons. The van der Waals surface area contributed by atoms with E-state index < -0.39 is 0 Å². The second-order valence-electron chi connectivity index (χ2n) is 3.77. The molecular weight excluding hydrogens is 172 g/mol. The Morgan fingerprint density at radius 1 is 1.36 bits per heavy atom. The van der Waals surface area contributed by atoms with Crippen LogP contribution in [0.2, 0.25) is 0 Å². The van der Waals surface area contributed by atoms with E-state index in [1.807, 2.05) is 25.1 Å². The zero-order chi connectivity index (χ0) is 11.1. The summed E-state index contributed by atoms with van der Waals surface area (Å²) in [6, 6.07) is 0. The molecule has 0 aliphatic heterocycles. The van der Waals surface area contributed by atoms with Gasteiger partial charge in [-0.2, -0.15) is 0 Å². The topological polar surface area (TPSA) is 15.6 Å². The van der Waals surface area contributed by atoms with E-state index in [-0.39, 0.29) is 0 Å². The average Bonchev–Trinajstić information content (AvgIpc) is 2.10. The van der Waals surface area contributed by atoms with E-state index in [9.17, 15) is 0 Å². The molecule has 0 aliphatic rings. The van der Waals surface area contributed by atoms with Crippen LogP contribution in [0.15, 0.2) is 29.4 Å². The van der Waals surface area contributed by atoms with Gasteiger partial charge in [0.05, 0.1) is 0 Å². The van der Waals surface area contributed by atoms with Gasteiger partial charge in [0.25, 0.3) is 0 Å². The Labute approximate surface area is 88.0 Å². The van der Waals surface area contributed by atoms with E-state index in [4.69, 9.17) is 0 Å². The smallest absolute Gasteiger partial charge is 0.0374 e. The van der Waals surface area contributed by atoms with Crippen molar-refractivity contribution in [1.82, 2.24) is 4.90 Å². The van der Waals surface area contributed by atoms with Crippen LogP contribution in [0.4, 0.5) is 0 Å². The largest absolute Gasteiger partial charge is 0.378 e. The summed E-state index contributed by atoms with van der Waals surface area (Å²) < 4.78 is 0. The highest BCUT2D eigenvalue weighted by Gasteiger charge is 2.00. The Balaban J connectivity index is 4.45. The Kier molecular flexibility index (Phi) is 5.93. The van der Waals surface area contributed by atoms with Gasteiger partial charge in [-0.25, -0.2) is 0 Å². The quantitative estimate of drug-likeness (QED) is 0.485. The van der Waals surface area contributed by atoms with Crippen LogP contribution in [0.1, 0.15) is 20.8 Å². The van der Waals surface area contributed by atoms with Gasteiger partial charge in [-0.05, 0) is 25.0 Å². The number of nitrogens with zero attached hydrogens (tertiary/aromatic N) is 2. The molecule has 0 bridgehead atoms. The number of aliphatic imine (C=N–C) groups is 1. The zero-order valence-electron chi connectivity index (χ0n) is 10.0. The summed E-state index contributed by atoms with van der Waals surface area (Å²) in [5, 5.41) is 0. The fourth-order valence-electron chi connectivity index (χ4n) is 0.941. The van der Waals surface area contributed by atoms with Gasteiger partial charge in [0.15, 0.2) is 0 Å². The molecule has 0 saturated heterocycles. The standard InChI is InChI=1S/C12H22N2/c1-7-13-12(10(2)3)9-8-11(4)14(5)6/h8-10H,4,7H2,1-3,5-6H3/b9-8-,13-12?. The first-order valence-electron chi connectivity index (χ1n) is 5.07. The van der Waals surface area contributed by atoms with Gasteiger partial charge < -0.3 is 4.90 Å². The Morgan fingerprint density at radius 2 is 1.93 bits per heavy atom. The number of hydrogen-bond acceptors (Lipinski definition) is 2. The van der Waals surface area contributed by atoms with Crippen LogP contribution >= 0.6 is 0 Å². The summed E-state index contributed by atoms with van der Waals surface area (Å²) >= 11 is 0. The SMILES string of the molecule is C=C(/C=C\C(=NCC)C(C)C)N(C)C. The first-order chi connectivity index (χ1) is 6.49. The Morgan fingerprint density at radius 3 is 2.29 bits per heavy atom. The number of rotatable bonds is 5. The summed E-state index contributed by atoms with van der Waals surface area (Å²) in [4.78, 5) is 6.41. The van der Waals surface area contributed by atoms with E-state index in [0.717, 1.165) is 18.0 Å². The van der Waals surface area contributed by atoms with Crippen molar-refractivity contribution < 1.29 is 0 Å². The maximum atomic E-state index is 4.43. The van der Waals surface area contributed by atoms with Crippen molar-refractivity contribution in [3.63, 3.8) is 0 Å². The predicted octanol–water partition coefficient (Wildman–Crippen LogP) is 2.73. The van der Waals surface area contributed by atoms with Gasteiger partial charge >= 0.3 is 0 Å². The molecule has 2 heteroatoms. The molecule has 0 atom stereocenters. The third kappa shape index (κ3) is 4.85. The number of likely N-dealkylation sites (N-methyl/N-ethyl adjacent to an activating group) is 1. The van der Waals surface area contributed by atoms with Crippen LogP contribution in [0.25, 0.3) is 0 Å². The summed E-state index contributed by atoms with van der Waals surface area (Å²) in [5.41, 5.74) is 2.13. The second-order valence-corrected chi connectivity index (χ2v) is 3.77. The predicted molar refractivity (Wildman–Crippen MR) is 64.8 cm³/mol. The lowest BCUT2D eigenvalue weighted by Gasteiger charge is -2.12. The molecule has 0 spiro atoms. The molecule has 0 saturated carbocycles. The molecule has 0 heterocycles. The molecule has 0 aromatic carbocycles. The van der Waals surface area contributed by atoms with Crippen molar-refractivity contribution in [2.45, 2.75) is 20.8 Å². The van der Waals surface area contributed by atoms with Crippen molar-refractivity contribution in [2.24, 2.45) is 10.9 Å². The second kappa shape index (κ2) is 6.41. The normalized spacial score (nSPS) is 12.6. The summed E-state index contributed by atoms with van der Waals surface area (Å²) in [6.45, 7) is 11.1. The maximum Gasteiger partial charge on any atom is 0.0374 e. The molecule has 14 heavy (non-hydrogen) atoms. The molecule has 0 amide bonds. The molecule has 0 rings (SSSR count). The van der Waals surface area contributed by atoms with Gasteiger partial charge in [-0.15, -0.1) is 0 Å². The van der Waals surface area contributed by atoms with Gasteiger partial charge in [0.2, 0.25) is 0 Å². The van der Waals surface area contributed by atoms with Crippen molar-refractivity contribution in [2.75, 3.05) is 20.6 Å². The summed E-state index contributed by atoms with van der Waals surface area (Å²) in [5.74, 6) is 0.473. The van der Waals surface area contributed by atoms with E-state index in [0.29, 0.717) is 5.92 Å². The molecule has 0 aromatic heterocycles. The lowest BCUT2D eigenvalue weighted by molar-refractivity contribution is 0.532. The fraction of sp³-hybridized carbons (Fsp3) is 0.583. The average molecular weight is 194 g/mol. The van der Waals surface area contributed by atoms with Crippen LogP contribution in [-0.2, 0) is 0 Å². The first kappa shape index (κ1) is 12.9.